The number of ketones is 1. The Morgan fingerprint density at radius 3 is 2.54 bits per heavy atom. The average molecular weight is 366 g/mol. The predicted molar refractivity (Wildman–Crippen MR) is 94.9 cm³/mol. The summed E-state index contributed by atoms with van der Waals surface area (Å²) >= 11 is 12.1. The van der Waals surface area contributed by atoms with Crippen LogP contribution in [-0.2, 0) is 11.3 Å². The molecule has 6 heteroatoms. The van der Waals surface area contributed by atoms with E-state index in [0.29, 0.717) is 27.9 Å². The molecule has 0 spiro atoms. The molecule has 0 saturated carbocycles. The summed E-state index contributed by atoms with van der Waals surface area (Å²) in [5.74, 6) is 0.212. The Kier molecular flexibility index (Phi) is 6.23. The lowest BCUT2D eigenvalue weighted by Gasteiger charge is -2.18. The summed E-state index contributed by atoms with van der Waals surface area (Å²) in [7, 11) is 1.66. The van der Waals surface area contributed by atoms with Crippen LogP contribution in [0.5, 0.6) is 5.75 Å². The first-order chi connectivity index (χ1) is 11.4. The van der Waals surface area contributed by atoms with Gasteiger partial charge in [-0.3, -0.25) is 9.59 Å². The largest absolute Gasteiger partial charge is 0.484 e. The number of hydrogen-bond donors (Lipinski definition) is 0. The smallest absolute Gasteiger partial charge is 0.260 e. The second-order valence-corrected chi connectivity index (χ2v) is 6.12. The molecule has 2 rings (SSSR count). The lowest BCUT2D eigenvalue weighted by Crippen LogP contribution is -2.31. The maximum absolute atomic E-state index is 12.2. The number of likely N-dealkylation sites (N-methyl/N-ethyl adjacent to an activating group) is 1. The van der Waals surface area contributed by atoms with E-state index >= 15 is 0 Å². The molecule has 24 heavy (non-hydrogen) atoms. The highest BCUT2D eigenvalue weighted by Gasteiger charge is 2.13. The number of carbonyl (C=O) groups is 2. The van der Waals surface area contributed by atoms with E-state index in [4.69, 9.17) is 27.9 Å². The molecule has 126 valence electrons. The molecule has 2 aromatic rings. The first kappa shape index (κ1) is 18.3. The van der Waals surface area contributed by atoms with E-state index in [1.165, 1.54) is 11.8 Å². The molecule has 0 fully saturated rings. The van der Waals surface area contributed by atoms with E-state index in [0.717, 1.165) is 5.56 Å². The zero-order chi connectivity index (χ0) is 17.7. The van der Waals surface area contributed by atoms with Crippen LogP contribution in [0.2, 0.25) is 10.0 Å². The summed E-state index contributed by atoms with van der Waals surface area (Å²) in [5, 5.41) is 0.890. The van der Waals surface area contributed by atoms with Gasteiger partial charge >= 0.3 is 0 Å². The van der Waals surface area contributed by atoms with E-state index in [9.17, 15) is 9.59 Å². The fourth-order valence-electron chi connectivity index (χ4n) is 2.07. The molecule has 0 N–H and O–H groups in total. The molecule has 0 aliphatic carbocycles. The summed E-state index contributed by atoms with van der Waals surface area (Å²) in [6.07, 6.45) is 0. The molecule has 0 heterocycles. The van der Waals surface area contributed by atoms with E-state index in [1.807, 2.05) is 6.07 Å². The standard InChI is InChI=1S/C18H17Cl2NO3/c1-12(22)13-5-3-7-15(9-13)24-11-17(23)21(2)10-14-6-4-8-16(19)18(14)20/h3-9H,10-11H2,1-2H3. The van der Waals surface area contributed by atoms with Crippen LogP contribution in [0, 0.1) is 0 Å². The molecule has 0 unspecified atom stereocenters. The van der Waals surface area contributed by atoms with Crippen molar-refractivity contribution in [1.29, 1.82) is 0 Å². The van der Waals surface area contributed by atoms with Crippen LogP contribution in [0.1, 0.15) is 22.8 Å². The maximum atomic E-state index is 12.2. The second-order valence-electron chi connectivity index (χ2n) is 5.34. The fraction of sp³-hybridized carbons (Fsp3) is 0.222. The van der Waals surface area contributed by atoms with Crippen molar-refractivity contribution in [3.8, 4) is 5.75 Å². The van der Waals surface area contributed by atoms with Crippen molar-refractivity contribution in [2.75, 3.05) is 13.7 Å². The highest BCUT2D eigenvalue weighted by atomic mass is 35.5. The van der Waals surface area contributed by atoms with Crippen LogP contribution in [0.3, 0.4) is 0 Å². The van der Waals surface area contributed by atoms with Gasteiger partial charge in [0.2, 0.25) is 0 Å². The average Bonchev–Trinajstić information content (AvgIpc) is 2.57. The number of Topliss-reactive ketones (excluding diaryl/α,β-unsaturated/α-hetero) is 1. The molecule has 0 bridgehead atoms. The maximum Gasteiger partial charge on any atom is 0.260 e. The molecule has 0 aromatic heterocycles. The number of ether oxygens (including phenoxy) is 1. The number of halogens is 2. The van der Waals surface area contributed by atoms with Crippen LogP contribution < -0.4 is 4.74 Å². The summed E-state index contributed by atoms with van der Waals surface area (Å²) in [4.78, 5) is 25.1. The van der Waals surface area contributed by atoms with Crippen LogP contribution in [-0.4, -0.2) is 30.2 Å². The van der Waals surface area contributed by atoms with E-state index in [-0.39, 0.29) is 18.3 Å². The van der Waals surface area contributed by atoms with E-state index < -0.39 is 0 Å². The Hall–Kier alpha value is -2.04. The third-order valence-electron chi connectivity index (χ3n) is 3.47. The first-order valence-corrected chi connectivity index (χ1v) is 8.04. The summed E-state index contributed by atoms with van der Waals surface area (Å²) in [6.45, 7) is 1.68. The molecule has 0 radical (unpaired) electrons. The van der Waals surface area contributed by atoms with Crippen molar-refractivity contribution < 1.29 is 14.3 Å². The minimum atomic E-state index is -0.209. The van der Waals surface area contributed by atoms with Crippen molar-refractivity contribution in [3.05, 3.63) is 63.6 Å². The van der Waals surface area contributed by atoms with E-state index in [2.05, 4.69) is 0 Å². The zero-order valence-corrected chi connectivity index (χ0v) is 14.9. The van der Waals surface area contributed by atoms with Crippen molar-refractivity contribution in [1.82, 2.24) is 4.90 Å². The molecule has 1 amide bonds. The van der Waals surface area contributed by atoms with Crippen molar-refractivity contribution in [3.63, 3.8) is 0 Å². The van der Waals surface area contributed by atoms with Gasteiger partial charge in [-0.2, -0.15) is 0 Å². The van der Waals surface area contributed by atoms with Gasteiger partial charge in [0.15, 0.2) is 12.4 Å². The molecule has 2 aromatic carbocycles. The van der Waals surface area contributed by atoms with Gasteiger partial charge in [0.1, 0.15) is 5.75 Å². The number of benzene rings is 2. The molecule has 4 nitrogen and oxygen atoms in total. The van der Waals surface area contributed by atoms with Gasteiger partial charge in [-0.25, -0.2) is 0 Å². The van der Waals surface area contributed by atoms with Crippen molar-refractivity contribution >= 4 is 34.9 Å². The highest BCUT2D eigenvalue weighted by molar-refractivity contribution is 6.42. The number of carbonyl (C=O) groups excluding carboxylic acids is 2. The fourth-order valence-corrected chi connectivity index (χ4v) is 2.45. The third kappa shape index (κ3) is 4.73. The van der Waals surface area contributed by atoms with Gasteiger partial charge < -0.3 is 9.64 Å². The monoisotopic (exact) mass is 365 g/mol. The van der Waals surface area contributed by atoms with Crippen molar-refractivity contribution in [2.45, 2.75) is 13.5 Å². The quantitative estimate of drug-likeness (QED) is 0.719. The van der Waals surface area contributed by atoms with E-state index in [1.54, 1.807) is 43.4 Å². The topological polar surface area (TPSA) is 46.6 Å². The van der Waals surface area contributed by atoms with Crippen LogP contribution >= 0.6 is 23.2 Å². The molecule has 0 saturated heterocycles. The SMILES string of the molecule is CC(=O)c1cccc(OCC(=O)N(C)Cc2cccc(Cl)c2Cl)c1. The summed E-state index contributed by atoms with van der Waals surface area (Å²) in [6, 6.07) is 12.0. The number of amides is 1. The normalized spacial score (nSPS) is 10.3. The van der Waals surface area contributed by atoms with Gasteiger partial charge in [-0.15, -0.1) is 0 Å². The number of nitrogens with zero attached hydrogens (tertiary/aromatic N) is 1. The molecule has 0 atom stereocenters. The van der Waals surface area contributed by atoms with Gasteiger partial charge in [0.05, 0.1) is 10.0 Å². The Balaban J connectivity index is 1.96. The lowest BCUT2D eigenvalue weighted by atomic mass is 10.1. The van der Waals surface area contributed by atoms with Gasteiger partial charge in [0, 0.05) is 19.2 Å². The number of rotatable bonds is 6. The molecular formula is C18H17Cl2NO3. The van der Waals surface area contributed by atoms with Crippen LogP contribution in [0.4, 0.5) is 0 Å². The third-order valence-corrected chi connectivity index (χ3v) is 4.33. The van der Waals surface area contributed by atoms with Gasteiger partial charge in [-0.05, 0) is 30.7 Å². The summed E-state index contributed by atoms with van der Waals surface area (Å²) in [5.41, 5.74) is 1.30. The Morgan fingerprint density at radius 2 is 1.83 bits per heavy atom. The van der Waals surface area contributed by atoms with Crippen LogP contribution in [0.25, 0.3) is 0 Å². The minimum absolute atomic E-state index is 0.0560. The van der Waals surface area contributed by atoms with Crippen LogP contribution in [0.15, 0.2) is 42.5 Å². The number of hydrogen-bond acceptors (Lipinski definition) is 3. The minimum Gasteiger partial charge on any atom is -0.484 e. The predicted octanol–water partition coefficient (Wildman–Crippen LogP) is 4.23. The lowest BCUT2D eigenvalue weighted by molar-refractivity contribution is -0.132. The Labute approximate surface area is 150 Å². The molecular weight excluding hydrogens is 349 g/mol. The highest BCUT2D eigenvalue weighted by Crippen LogP contribution is 2.26. The van der Waals surface area contributed by atoms with Gasteiger partial charge in [0.25, 0.3) is 5.91 Å². The second kappa shape index (κ2) is 8.18. The zero-order valence-electron chi connectivity index (χ0n) is 13.4. The molecule has 0 aliphatic heterocycles. The van der Waals surface area contributed by atoms with Gasteiger partial charge in [-0.1, -0.05) is 47.5 Å². The first-order valence-electron chi connectivity index (χ1n) is 7.29. The molecule has 0 aliphatic rings. The Morgan fingerprint density at radius 1 is 1.12 bits per heavy atom. The van der Waals surface area contributed by atoms with Crippen molar-refractivity contribution in [2.24, 2.45) is 0 Å². The summed E-state index contributed by atoms with van der Waals surface area (Å²) < 4.78 is 5.47. The Bertz CT molecular complexity index is 762.